The molecule has 1 aromatic heterocycles. The van der Waals surface area contributed by atoms with Gasteiger partial charge >= 0.3 is 0 Å². The zero-order chi connectivity index (χ0) is 12.3. The maximum Gasteiger partial charge on any atom is 0.191 e. The molecule has 0 amide bonds. The molecule has 0 unspecified atom stereocenters. The van der Waals surface area contributed by atoms with Gasteiger partial charge < -0.3 is 10.6 Å². The second-order valence-electron chi connectivity index (χ2n) is 4.39. The molecule has 1 aliphatic rings. The average molecular weight is 233 g/mol. The first-order valence-electron chi connectivity index (χ1n) is 5.95. The lowest BCUT2D eigenvalue weighted by Gasteiger charge is -2.11. The van der Waals surface area contributed by atoms with Gasteiger partial charge in [0.25, 0.3) is 0 Å². The number of hydrogen-bond acceptors (Lipinski definition) is 3. The number of hydrogen-bond donors (Lipinski definition) is 2. The number of aromatic nitrogens is 2. The predicted molar refractivity (Wildman–Crippen MR) is 67.9 cm³/mol. The summed E-state index contributed by atoms with van der Waals surface area (Å²) in [5.41, 5.74) is 1.99. The summed E-state index contributed by atoms with van der Waals surface area (Å²) >= 11 is 0. The maximum absolute atomic E-state index is 4.38. The van der Waals surface area contributed by atoms with Crippen LogP contribution in [0.3, 0.4) is 0 Å². The van der Waals surface area contributed by atoms with Crippen LogP contribution in [0.1, 0.15) is 30.1 Å². The van der Waals surface area contributed by atoms with E-state index in [2.05, 4.69) is 25.6 Å². The molecule has 0 aromatic carbocycles. The van der Waals surface area contributed by atoms with Gasteiger partial charge in [-0.05, 0) is 32.8 Å². The monoisotopic (exact) mass is 233 g/mol. The Kier molecular flexibility index (Phi) is 3.56. The number of aryl methyl sites for hydroxylation is 2. The van der Waals surface area contributed by atoms with Gasteiger partial charge in [-0.15, -0.1) is 0 Å². The molecule has 0 atom stereocenters. The molecule has 5 nitrogen and oxygen atoms in total. The van der Waals surface area contributed by atoms with Crippen molar-refractivity contribution < 1.29 is 0 Å². The van der Waals surface area contributed by atoms with Crippen molar-refractivity contribution in [2.45, 2.75) is 39.3 Å². The molecule has 1 heterocycles. The summed E-state index contributed by atoms with van der Waals surface area (Å²) in [5.74, 6) is 1.66. The fraction of sp³-hybridized carbons (Fsp3) is 0.583. The fourth-order valence-electron chi connectivity index (χ4n) is 1.67. The van der Waals surface area contributed by atoms with Crippen molar-refractivity contribution in [1.82, 2.24) is 20.6 Å². The second-order valence-corrected chi connectivity index (χ2v) is 4.39. The lowest BCUT2D eigenvalue weighted by molar-refractivity contribution is 0.780. The molecule has 0 saturated heterocycles. The van der Waals surface area contributed by atoms with Crippen molar-refractivity contribution in [3.8, 4) is 0 Å². The fourth-order valence-corrected chi connectivity index (χ4v) is 1.67. The molecule has 1 aromatic rings. The molecule has 0 bridgehead atoms. The molecular formula is C12H19N5. The largest absolute Gasteiger partial charge is 0.354 e. The van der Waals surface area contributed by atoms with E-state index in [0.717, 1.165) is 23.2 Å². The van der Waals surface area contributed by atoms with E-state index in [9.17, 15) is 0 Å². The highest BCUT2D eigenvalue weighted by atomic mass is 15.2. The van der Waals surface area contributed by atoms with Crippen LogP contribution in [-0.2, 0) is 6.54 Å². The van der Waals surface area contributed by atoms with Gasteiger partial charge in [0.1, 0.15) is 5.82 Å². The first-order valence-corrected chi connectivity index (χ1v) is 5.95. The molecule has 1 fully saturated rings. The van der Waals surface area contributed by atoms with Crippen LogP contribution >= 0.6 is 0 Å². The van der Waals surface area contributed by atoms with Crippen LogP contribution in [0.4, 0.5) is 0 Å². The molecule has 2 N–H and O–H groups in total. The van der Waals surface area contributed by atoms with Crippen LogP contribution in [0.2, 0.25) is 0 Å². The van der Waals surface area contributed by atoms with Gasteiger partial charge in [-0.25, -0.2) is 9.97 Å². The quantitative estimate of drug-likeness (QED) is 0.602. The number of rotatable bonds is 3. The average Bonchev–Trinajstić information content (AvgIpc) is 3.06. The molecule has 2 rings (SSSR count). The Hall–Kier alpha value is -1.65. The van der Waals surface area contributed by atoms with Gasteiger partial charge in [0, 0.05) is 18.8 Å². The van der Waals surface area contributed by atoms with Crippen LogP contribution in [-0.4, -0.2) is 29.0 Å². The summed E-state index contributed by atoms with van der Waals surface area (Å²) in [6.45, 7) is 4.57. The molecule has 1 saturated carbocycles. The molecule has 92 valence electrons. The second kappa shape index (κ2) is 5.12. The van der Waals surface area contributed by atoms with E-state index in [4.69, 9.17) is 0 Å². The Morgan fingerprint density at radius 3 is 2.76 bits per heavy atom. The molecule has 0 radical (unpaired) electrons. The van der Waals surface area contributed by atoms with Crippen molar-refractivity contribution in [3.63, 3.8) is 0 Å². The standard InChI is InChI=1S/C12H19N5/c1-8-6-11(16-9(2)15-8)7-14-12(13-3)17-10-4-5-10/h6,10H,4-5,7H2,1-3H3,(H2,13,14,17). The Bertz CT molecular complexity index is 403. The minimum atomic E-state index is 0.607. The van der Waals surface area contributed by atoms with Crippen molar-refractivity contribution in [2.75, 3.05) is 7.05 Å². The van der Waals surface area contributed by atoms with Crippen LogP contribution in [0, 0.1) is 13.8 Å². The van der Waals surface area contributed by atoms with Gasteiger partial charge in [0.05, 0.1) is 12.2 Å². The van der Waals surface area contributed by atoms with Crippen molar-refractivity contribution >= 4 is 5.96 Å². The van der Waals surface area contributed by atoms with E-state index in [0.29, 0.717) is 12.6 Å². The Labute approximate surface area is 102 Å². The van der Waals surface area contributed by atoms with E-state index >= 15 is 0 Å². The lowest BCUT2D eigenvalue weighted by atomic mass is 10.3. The third-order valence-corrected chi connectivity index (χ3v) is 2.60. The van der Waals surface area contributed by atoms with Crippen LogP contribution < -0.4 is 10.6 Å². The number of aliphatic imine (C=N–C) groups is 1. The first kappa shape index (κ1) is 11.8. The van der Waals surface area contributed by atoms with E-state index in [1.165, 1.54) is 12.8 Å². The normalized spacial score (nSPS) is 15.8. The van der Waals surface area contributed by atoms with Gasteiger partial charge in [0.15, 0.2) is 5.96 Å². The minimum absolute atomic E-state index is 0.607. The molecule has 1 aliphatic carbocycles. The summed E-state index contributed by atoms with van der Waals surface area (Å²) in [6.07, 6.45) is 2.48. The predicted octanol–water partition coefficient (Wildman–Crippen LogP) is 0.921. The van der Waals surface area contributed by atoms with Gasteiger partial charge in [-0.3, -0.25) is 4.99 Å². The van der Waals surface area contributed by atoms with E-state index in [1.54, 1.807) is 7.05 Å². The summed E-state index contributed by atoms with van der Waals surface area (Å²) in [4.78, 5) is 12.8. The van der Waals surface area contributed by atoms with Gasteiger partial charge in [-0.1, -0.05) is 0 Å². The highest BCUT2D eigenvalue weighted by molar-refractivity contribution is 5.80. The number of guanidine groups is 1. The summed E-state index contributed by atoms with van der Waals surface area (Å²) in [6, 6.07) is 2.60. The van der Waals surface area contributed by atoms with Crippen molar-refractivity contribution in [2.24, 2.45) is 4.99 Å². The SMILES string of the molecule is CN=C(NCc1cc(C)nc(C)n1)NC1CC1. The maximum atomic E-state index is 4.38. The zero-order valence-electron chi connectivity index (χ0n) is 10.6. The highest BCUT2D eigenvalue weighted by Crippen LogP contribution is 2.18. The van der Waals surface area contributed by atoms with Crippen LogP contribution in [0.5, 0.6) is 0 Å². The van der Waals surface area contributed by atoms with E-state index in [-0.39, 0.29) is 0 Å². The zero-order valence-corrected chi connectivity index (χ0v) is 10.6. The lowest BCUT2D eigenvalue weighted by Crippen LogP contribution is -2.38. The van der Waals surface area contributed by atoms with E-state index in [1.807, 2.05) is 19.9 Å². The van der Waals surface area contributed by atoms with Gasteiger partial charge in [0.2, 0.25) is 0 Å². The number of nitrogens with one attached hydrogen (secondary N) is 2. The smallest absolute Gasteiger partial charge is 0.191 e. The third-order valence-electron chi connectivity index (χ3n) is 2.60. The molecule has 5 heteroatoms. The van der Waals surface area contributed by atoms with Crippen molar-refractivity contribution in [1.29, 1.82) is 0 Å². The van der Waals surface area contributed by atoms with Crippen molar-refractivity contribution in [3.05, 3.63) is 23.3 Å². The molecular weight excluding hydrogens is 214 g/mol. The Morgan fingerprint density at radius 1 is 1.41 bits per heavy atom. The summed E-state index contributed by atoms with van der Waals surface area (Å²) in [5, 5.41) is 6.60. The molecule has 0 aliphatic heterocycles. The third kappa shape index (κ3) is 3.69. The summed E-state index contributed by atoms with van der Waals surface area (Å²) in [7, 11) is 1.79. The van der Waals surface area contributed by atoms with Crippen LogP contribution in [0.15, 0.2) is 11.1 Å². The van der Waals surface area contributed by atoms with E-state index < -0.39 is 0 Å². The topological polar surface area (TPSA) is 62.2 Å². The van der Waals surface area contributed by atoms with Crippen LogP contribution in [0.25, 0.3) is 0 Å². The summed E-state index contributed by atoms with van der Waals surface area (Å²) < 4.78 is 0. The first-order chi connectivity index (χ1) is 8.17. The van der Waals surface area contributed by atoms with Gasteiger partial charge in [-0.2, -0.15) is 0 Å². The molecule has 17 heavy (non-hydrogen) atoms. The Morgan fingerprint density at radius 2 is 2.18 bits per heavy atom. The highest BCUT2D eigenvalue weighted by Gasteiger charge is 2.21. The Balaban J connectivity index is 1.91. The minimum Gasteiger partial charge on any atom is -0.354 e. The number of nitrogens with zero attached hydrogens (tertiary/aromatic N) is 3. The molecule has 0 spiro atoms.